The molecule has 3 rings (SSSR count). The lowest BCUT2D eigenvalue weighted by Gasteiger charge is -2.32. The van der Waals surface area contributed by atoms with Crippen LogP contribution in [-0.4, -0.2) is 79.9 Å². The van der Waals surface area contributed by atoms with Gasteiger partial charge in [-0.1, -0.05) is 59.6 Å². The lowest BCUT2D eigenvalue weighted by atomic mass is 10.0. The normalized spacial score (nSPS) is 17.3. The molecule has 8 heteroatoms. The van der Waals surface area contributed by atoms with Gasteiger partial charge < -0.3 is 20.1 Å². The molecule has 180 valence electrons. The van der Waals surface area contributed by atoms with Gasteiger partial charge in [-0.25, -0.2) is 0 Å². The van der Waals surface area contributed by atoms with E-state index in [0.29, 0.717) is 29.3 Å². The number of halogens is 2. The summed E-state index contributed by atoms with van der Waals surface area (Å²) in [6.45, 7) is 4.46. The molecular weight excluding hydrogens is 461 g/mol. The molecular formula is C25H33Cl2N3O3. The molecule has 0 saturated carbocycles. The summed E-state index contributed by atoms with van der Waals surface area (Å²) in [7, 11) is 1.88. The molecule has 1 fully saturated rings. The average molecular weight is 494 g/mol. The number of likely N-dealkylation sites (tertiary alicyclic amines) is 1. The highest BCUT2D eigenvalue weighted by Crippen LogP contribution is 2.26. The molecule has 0 spiro atoms. The Morgan fingerprint density at radius 1 is 1.21 bits per heavy atom. The van der Waals surface area contributed by atoms with E-state index in [0.717, 1.165) is 43.7 Å². The fourth-order valence-corrected chi connectivity index (χ4v) is 4.48. The first kappa shape index (κ1) is 25.9. The number of carbonyl (C=O) groups excluding carboxylic acids is 1. The molecule has 1 heterocycles. The zero-order valence-corrected chi connectivity index (χ0v) is 20.6. The van der Waals surface area contributed by atoms with Crippen LogP contribution in [0, 0.1) is 0 Å². The van der Waals surface area contributed by atoms with Gasteiger partial charge in [0.25, 0.3) is 0 Å². The Morgan fingerprint density at radius 3 is 2.73 bits per heavy atom. The van der Waals surface area contributed by atoms with Crippen LogP contribution in [0.2, 0.25) is 10.0 Å². The number of ether oxygens (including phenoxy) is 1. The van der Waals surface area contributed by atoms with Gasteiger partial charge in [-0.3, -0.25) is 9.69 Å². The van der Waals surface area contributed by atoms with Crippen molar-refractivity contribution in [3.8, 4) is 0 Å². The summed E-state index contributed by atoms with van der Waals surface area (Å²) in [6.07, 6.45) is 1.33. The third kappa shape index (κ3) is 7.95. The highest BCUT2D eigenvalue weighted by atomic mass is 35.5. The van der Waals surface area contributed by atoms with Crippen molar-refractivity contribution < 1.29 is 14.6 Å². The molecule has 0 bridgehead atoms. The minimum Gasteiger partial charge on any atom is -0.394 e. The van der Waals surface area contributed by atoms with Crippen LogP contribution in [-0.2, 0) is 16.0 Å². The Morgan fingerprint density at radius 2 is 2.00 bits per heavy atom. The molecule has 1 amide bonds. The first-order valence-electron chi connectivity index (χ1n) is 11.4. The molecule has 2 atom stereocenters. The van der Waals surface area contributed by atoms with Gasteiger partial charge in [-0.2, -0.15) is 0 Å². The van der Waals surface area contributed by atoms with E-state index in [1.807, 2.05) is 36.2 Å². The summed E-state index contributed by atoms with van der Waals surface area (Å²) in [5, 5.41) is 13.3. The minimum absolute atomic E-state index is 0.0390. The molecule has 2 aromatic rings. The quantitative estimate of drug-likeness (QED) is 0.443. The van der Waals surface area contributed by atoms with Gasteiger partial charge in [-0.15, -0.1) is 0 Å². The van der Waals surface area contributed by atoms with Crippen molar-refractivity contribution in [2.75, 3.05) is 53.0 Å². The number of aliphatic hydroxyl groups is 1. The third-order valence-electron chi connectivity index (χ3n) is 6.00. The number of amides is 1. The molecule has 1 aliphatic heterocycles. The maximum absolute atomic E-state index is 13.2. The molecule has 0 aromatic heterocycles. The summed E-state index contributed by atoms with van der Waals surface area (Å²) in [6, 6.07) is 15.9. The van der Waals surface area contributed by atoms with Crippen LogP contribution >= 0.6 is 23.2 Å². The van der Waals surface area contributed by atoms with E-state index in [-0.39, 0.29) is 25.0 Å². The maximum Gasteiger partial charge on any atom is 0.227 e. The molecule has 2 N–H and O–H groups in total. The van der Waals surface area contributed by atoms with Crippen molar-refractivity contribution in [3.05, 3.63) is 69.7 Å². The van der Waals surface area contributed by atoms with E-state index in [2.05, 4.69) is 22.3 Å². The van der Waals surface area contributed by atoms with Gasteiger partial charge in [0.1, 0.15) is 0 Å². The SMILES string of the molecule is CN(C(=O)Cc1ccc(Cl)c(Cl)c1)[C@H](CN1CCC(NCCOCCO)C1)c1ccccc1. The third-order valence-corrected chi connectivity index (χ3v) is 6.74. The molecule has 1 unspecified atom stereocenters. The number of likely N-dealkylation sites (N-methyl/N-ethyl adjacent to an activating group) is 1. The van der Waals surface area contributed by atoms with Crippen LogP contribution in [0.3, 0.4) is 0 Å². The number of aliphatic hydroxyl groups excluding tert-OH is 1. The van der Waals surface area contributed by atoms with E-state index in [4.69, 9.17) is 33.0 Å². The van der Waals surface area contributed by atoms with Crippen LogP contribution in [0.25, 0.3) is 0 Å². The summed E-state index contributed by atoms with van der Waals surface area (Å²) < 4.78 is 5.33. The van der Waals surface area contributed by atoms with Gasteiger partial charge in [-0.05, 0) is 36.2 Å². The first-order valence-corrected chi connectivity index (χ1v) is 12.1. The van der Waals surface area contributed by atoms with Gasteiger partial charge >= 0.3 is 0 Å². The minimum atomic E-state index is -0.0480. The highest BCUT2D eigenvalue weighted by Gasteiger charge is 2.28. The van der Waals surface area contributed by atoms with Crippen molar-refractivity contribution >= 4 is 29.1 Å². The van der Waals surface area contributed by atoms with E-state index in [9.17, 15) is 4.79 Å². The molecule has 1 saturated heterocycles. The van der Waals surface area contributed by atoms with Crippen LogP contribution in [0.15, 0.2) is 48.5 Å². The van der Waals surface area contributed by atoms with Crippen molar-refractivity contribution in [2.45, 2.75) is 24.9 Å². The van der Waals surface area contributed by atoms with Crippen LogP contribution in [0.4, 0.5) is 0 Å². The highest BCUT2D eigenvalue weighted by molar-refractivity contribution is 6.42. The number of carbonyl (C=O) groups is 1. The molecule has 6 nitrogen and oxygen atoms in total. The summed E-state index contributed by atoms with van der Waals surface area (Å²) in [5.41, 5.74) is 1.97. The zero-order valence-electron chi connectivity index (χ0n) is 19.1. The number of hydrogen-bond donors (Lipinski definition) is 2. The molecule has 0 aliphatic carbocycles. The second-order valence-electron chi connectivity index (χ2n) is 8.39. The number of benzene rings is 2. The van der Waals surface area contributed by atoms with Crippen molar-refractivity contribution in [2.24, 2.45) is 0 Å². The zero-order chi connectivity index (χ0) is 23.6. The topological polar surface area (TPSA) is 65.0 Å². The monoisotopic (exact) mass is 493 g/mol. The molecule has 0 radical (unpaired) electrons. The van der Waals surface area contributed by atoms with Gasteiger partial charge in [0, 0.05) is 32.7 Å². The summed E-state index contributed by atoms with van der Waals surface area (Å²) >= 11 is 12.2. The van der Waals surface area contributed by atoms with Gasteiger partial charge in [0.15, 0.2) is 0 Å². The van der Waals surface area contributed by atoms with E-state index in [1.54, 1.807) is 12.1 Å². The summed E-state index contributed by atoms with van der Waals surface area (Å²) in [4.78, 5) is 17.4. The van der Waals surface area contributed by atoms with E-state index in [1.165, 1.54) is 0 Å². The number of rotatable bonds is 12. The van der Waals surface area contributed by atoms with Crippen molar-refractivity contribution in [1.82, 2.24) is 15.1 Å². The smallest absolute Gasteiger partial charge is 0.227 e. The van der Waals surface area contributed by atoms with Gasteiger partial charge in [0.05, 0.1) is 42.3 Å². The summed E-state index contributed by atoms with van der Waals surface area (Å²) in [5.74, 6) is 0.0390. The predicted molar refractivity (Wildman–Crippen MR) is 133 cm³/mol. The van der Waals surface area contributed by atoms with Crippen molar-refractivity contribution in [1.29, 1.82) is 0 Å². The van der Waals surface area contributed by atoms with E-state index >= 15 is 0 Å². The van der Waals surface area contributed by atoms with Gasteiger partial charge in [0.2, 0.25) is 5.91 Å². The average Bonchev–Trinajstić information content (AvgIpc) is 3.27. The lowest BCUT2D eigenvalue weighted by Crippen LogP contribution is -2.41. The Hall–Kier alpha value is -1.67. The Balaban J connectivity index is 1.61. The van der Waals surface area contributed by atoms with Crippen LogP contribution < -0.4 is 5.32 Å². The van der Waals surface area contributed by atoms with Crippen LogP contribution in [0.1, 0.15) is 23.6 Å². The lowest BCUT2D eigenvalue weighted by molar-refractivity contribution is -0.131. The number of nitrogens with zero attached hydrogens (tertiary/aromatic N) is 2. The fraction of sp³-hybridized carbons (Fsp3) is 0.480. The second-order valence-corrected chi connectivity index (χ2v) is 9.21. The second kappa shape index (κ2) is 13.3. The van der Waals surface area contributed by atoms with Crippen molar-refractivity contribution in [3.63, 3.8) is 0 Å². The molecule has 1 aliphatic rings. The molecule has 33 heavy (non-hydrogen) atoms. The molecule has 2 aromatic carbocycles. The first-order chi connectivity index (χ1) is 16.0. The standard InChI is InChI=1S/C25H33Cl2N3O3/c1-29(25(32)16-19-7-8-22(26)23(27)15-19)24(20-5-3-2-4-6-20)18-30-11-9-21(17-30)28-10-13-33-14-12-31/h2-8,15,21,24,28,31H,9-14,16-18H2,1H3/t21?,24-/m1/s1. The Bertz CT molecular complexity index is 884. The predicted octanol–water partition coefficient (Wildman–Crippen LogP) is 3.41. The Kier molecular flexibility index (Phi) is 10.4. The van der Waals surface area contributed by atoms with Crippen LogP contribution in [0.5, 0.6) is 0 Å². The fourth-order valence-electron chi connectivity index (χ4n) is 4.16. The van der Waals surface area contributed by atoms with E-state index < -0.39 is 0 Å². The maximum atomic E-state index is 13.2. The largest absolute Gasteiger partial charge is 0.394 e. The number of hydrogen-bond acceptors (Lipinski definition) is 5. The Labute approximate surface area is 206 Å². The number of nitrogens with one attached hydrogen (secondary N) is 1.